The lowest BCUT2D eigenvalue weighted by Crippen LogP contribution is -2.34. The predicted octanol–water partition coefficient (Wildman–Crippen LogP) is 10.1. The van der Waals surface area contributed by atoms with Crippen LogP contribution in [0.25, 0.3) is 5.76 Å². The molecule has 0 aromatic heterocycles. The van der Waals surface area contributed by atoms with Gasteiger partial charge in [-0.15, -0.1) is 0 Å². The van der Waals surface area contributed by atoms with Crippen molar-refractivity contribution < 1.29 is 24.0 Å². The van der Waals surface area contributed by atoms with Gasteiger partial charge in [-0.1, -0.05) is 102 Å². The van der Waals surface area contributed by atoms with E-state index >= 15 is 0 Å². The lowest BCUT2D eigenvalue weighted by Gasteiger charge is -2.46. The fourth-order valence-electron chi connectivity index (χ4n) is 7.09. The molecule has 3 unspecified atom stereocenters. The fraction of sp³-hybridized carbons (Fsp3) is 0.341. The van der Waals surface area contributed by atoms with Gasteiger partial charge in [-0.2, -0.15) is 0 Å². The average molecular weight is 619 g/mol. The monoisotopic (exact) mass is 618 g/mol. The Morgan fingerprint density at radius 2 is 1.28 bits per heavy atom. The van der Waals surface area contributed by atoms with Gasteiger partial charge in [-0.3, -0.25) is 4.89 Å². The molecule has 4 aromatic carbocycles. The normalized spacial score (nSPS) is 19.2. The van der Waals surface area contributed by atoms with Crippen molar-refractivity contribution in [2.45, 2.75) is 64.7 Å². The molecule has 0 bridgehead atoms. The summed E-state index contributed by atoms with van der Waals surface area (Å²) in [6, 6.07) is 32.2. The van der Waals surface area contributed by atoms with E-state index in [0.29, 0.717) is 34.8 Å². The average Bonchev–Trinajstić information content (AvgIpc) is 3.07. The van der Waals surface area contributed by atoms with Gasteiger partial charge < -0.3 is 9.47 Å². The number of benzene rings is 4. The van der Waals surface area contributed by atoms with Crippen molar-refractivity contribution in [3.05, 3.63) is 137 Å². The number of hydrogen-bond donors (Lipinski definition) is 0. The second-order valence-electron chi connectivity index (χ2n) is 13.8. The third-order valence-electron chi connectivity index (χ3n) is 10.0. The summed E-state index contributed by atoms with van der Waals surface area (Å²) in [6.07, 6.45) is 2.17. The van der Waals surface area contributed by atoms with Gasteiger partial charge in [0.15, 0.2) is 5.75 Å². The fourth-order valence-corrected chi connectivity index (χ4v) is 7.09. The van der Waals surface area contributed by atoms with Gasteiger partial charge in [-0.25, -0.2) is 9.68 Å². The Balaban J connectivity index is 1.20. The summed E-state index contributed by atoms with van der Waals surface area (Å²) >= 11 is 0. The van der Waals surface area contributed by atoms with Crippen LogP contribution in [0.2, 0.25) is 0 Å². The molecule has 5 nitrogen and oxygen atoms in total. The zero-order valence-electron chi connectivity index (χ0n) is 28.1. The summed E-state index contributed by atoms with van der Waals surface area (Å²) in [5.74, 6) is 2.79. The van der Waals surface area contributed by atoms with Crippen LogP contribution in [-0.2, 0) is 15.0 Å². The molecule has 0 N–H and O–H groups in total. The molecule has 0 heterocycles. The molecular formula is C41H46O5. The van der Waals surface area contributed by atoms with Gasteiger partial charge in [0.1, 0.15) is 11.5 Å². The second kappa shape index (κ2) is 13.5. The van der Waals surface area contributed by atoms with E-state index in [1.165, 1.54) is 11.1 Å². The van der Waals surface area contributed by atoms with Gasteiger partial charge in [0.25, 0.3) is 0 Å². The van der Waals surface area contributed by atoms with Gasteiger partial charge in [0, 0.05) is 11.0 Å². The quantitative estimate of drug-likeness (QED) is 0.101. The van der Waals surface area contributed by atoms with E-state index in [9.17, 15) is 4.79 Å². The molecule has 1 saturated carbocycles. The highest BCUT2D eigenvalue weighted by molar-refractivity contribution is 5.89. The van der Waals surface area contributed by atoms with Gasteiger partial charge in [0.2, 0.25) is 0 Å². The maximum atomic E-state index is 12.9. The molecule has 0 amide bonds. The highest BCUT2D eigenvalue weighted by Crippen LogP contribution is 2.54. The third kappa shape index (κ3) is 6.99. The van der Waals surface area contributed by atoms with E-state index in [4.69, 9.17) is 19.2 Å². The van der Waals surface area contributed by atoms with E-state index in [-0.39, 0.29) is 10.8 Å². The highest BCUT2D eigenvalue weighted by atomic mass is 17.2. The van der Waals surface area contributed by atoms with Crippen molar-refractivity contribution in [3.8, 4) is 11.5 Å². The molecule has 4 aromatic rings. The number of carbonyl (C=O) groups excluding carboxylic acids is 1. The van der Waals surface area contributed by atoms with Crippen molar-refractivity contribution in [3.63, 3.8) is 0 Å². The summed E-state index contributed by atoms with van der Waals surface area (Å²) in [7, 11) is 3.32. The second-order valence-corrected chi connectivity index (χ2v) is 13.8. The Morgan fingerprint density at radius 1 is 0.761 bits per heavy atom. The molecule has 3 atom stereocenters. The van der Waals surface area contributed by atoms with Crippen LogP contribution in [0.5, 0.6) is 11.5 Å². The maximum absolute atomic E-state index is 12.9. The molecule has 5 rings (SSSR count). The number of ether oxygens (including phenoxy) is 2. The number of carbonyl (C=O) groups is 1. The van der Waals surface area contributed by atoms with Crippen LogP contribution in [0, 0.1) is 11.3 Å². The van der Waals surface area contributed by atoms with Crippen LogP contribution in [-0.4, -0.2) is 20.2 Å². The zero-order valence-corrected chi connectivity index (χ0v) is 28.1. The molecule has 1 aliphatic carbocycles. The van der Waals surface area contributed by atoms with Crippen molar-refractivity contribution in [2.75, 3.05) is 14.2 Å². The Bertz CT molecular complexity index is 1630. The topological polar surface area (TPSA) is 54.0 Å². The van der Waals surface area contributed by atoms with E-state index in [1.807, 2.05) is 48.5 Å². The Labute approximate surface area is 274 Å². The molecule has 240 valence electrons. The molecular weight excluding hydrogens is 572 g/mol. The summed E-state index contributed by atoms with van der Waals surface area (Å²) in [4.78, 5) is 23.5. The summed E-state index contributed by atoms with van der Waals surface area (Å²) < 4.78 is 10.6. The van der Waals surface area contributed by atoms with Crippen LogP contribution in [0.15, 0.2) is 104 Å². The number of methoxy groups -OCH3 is 2. The molecule has 5 heteroatoms. The molecule has 46 heavy (non-hydrogen) atoms. The first-order valence-electron chi connectivity index (χ1n) is 16.0. The van der Waals surface area contributed by atoms with Crippen molar-refractivity contribution in [2.24, 2.45) is 11.3 Å². The zero-order chi connectivity index (χ0) is 33.1. The van der Waals surface area contributed by atoms with Gasteiger partial charge in [0.05, 0.1) is 19.8 Å². The Morgan fingerprint density at radius 3 is 1.85 bits per heavy atom. The molecule has 0 saturated heterocycles. The summed E-state index contributed by atoms with van der Waals surface area (Å²) in [5, 5.41) is 0. The SMILES string of the molecule is C=C(OC)c1ccc(C(C)(C)c2ccc(OOC(=O)c3ccc(C4CC(c5ccc(OC)cc5)C(C)(C)CC4C)cc3)cc2)cc1. The highest BCUT2D eigenvalue weighted by Gasteiger charge is 2.41. The molecule has 0 spiro atoms. The smallest absolute Gasteiger partial charge is 0.386 e. The number of rotatable bonds is 10. The minimum absolute atomic E-state index is 0.186. The summed E-state index contributed by atoms with van der Waals surface area (Å²) in [6.45, 7) is 15.4. The molecule has 1 aliphatic rings. The van der Waals surface area contributed by atoms with E-state index in [1.54, 1.807) is 14.2 Å². The third-order valence-corrected chi connectivity index (χ3v) is 10.0. The first-order valence-corrected chi connectivity index (χ1v) is 16.0. The van der Waals surface area contributed by atoms with Crippen molar-refractivity contribution in [1.82, 2.24) is 0 Å². The largest absolute Gasteiger partial charge is 0.497 e. The van der Waals surface area contributed by atoms with Crippen LogP contribution in [0.3, 0.4) is 0 Å². The van der Waals surface area contributed by atoms with Gasteiger partial charge in [-0.05, 0) is 94.7 Å². The lowest BCUT2D eigenvalue weighted by molar-refractivity contribution is -0.149. The minimum atomic E-state index is -0.525. The van der Waals surface area contributed by atoms with Crippen molar-refractivity contribution >= 4 is 11.7 Å². The van der Waals surface area contributed by atoms with E-state index in [2.05, 4.69) is 89.7 Å². The predicted molar refractivity (Wildman–Crippen MR) is 184 cm³/mol. The van der Waals surface area contributed by atoms with Crippen LogP contribution < -0.4 is 9.62 Å². The Hall–Kier alpha value is -4.51. The van der Waals surface area contributed by atoms with Gasteiger partial charge >= 0.3 is 5.97 Å². The maximum Gasteiger partial charge on any atom is 0.386 e. The summed E-state index contributed by atoms with van der Waals surface area (Å²) in [5.41, 5.74) is 6.20. The molecule has 0 radical (unpaired) electrons. The van der Waals surface area contributed by atoms with E-state index in [0.717, 1.165) is 35.3 Å². The molecule has 0 aliphatic heterocycles. The standard InChI is InChI=1S/C41H46O5/c1-27-26-40(3,4)38(31-15-21-35(44-8)22-16-31)25-37(27)30-9-11-32(12-10-30)39(42)46-45-36-23-19-34(20-24-36)41(5,6)33-17-13-29(14-18-33)28(2)43-7/h9-24,27,37-38H,2,25-26H2,1,3-8H3. The van der Waals surface area contributed by atoms with Crippen molar-refractivity contribution in [1.29, 1.82) is 0 Å². The minimum Gasteiger partial charge on any atom is -0.497 e. The Kier molecular flexibility index (Phi) is 9.62. The first-order chi connectivity index (χ1) is 21.9. The first kappa shape index (κ1) is 32.9. The molecule has 1 fully saturated rings. The lowest BCUT2D eigenvalue weighted by atomic mass is 9.58. The van der Waals surface area contributed by atoms with Crippen LogP contribution >= 0.6 is 0 Å². The van der Waals surface area contributed by atoms with Crippen LogP contribution in [0.1, 0.15) is 97.5 Å². The van der Waals surface area contributed by atoms with E-state index < -0.39 is 5.97 Å². The number of hydrogen-bond acceptors (Lipinski definition) is 5. The van der Waals surface area contributed by atoms with Crippen LogP contribution in [0.4, 0.5) is 0 Å².